The maximum atomic E-state index is 13.1. The fourth-order valence-corrected chi connectivity index (χ4v) is 5.11. The van der Waals surface area contributed by atoms with E-state index in [1.807, 2.05) is 42.5 Å². The van der Waals surface area contributed by atoms with E-state index in [9.17, 15) is 19.8 Å². The summed E-state index contributed by atoms with van der Waals surface area (Å²) >= 11 is 0. The zero-order chi connectivity index (χ0) is 27.4. The molecule has 1 atom stereocenters. The fraction of sp³-hybridized carbons (Fsp3) is 0.312. The molecule has 0 fully saturated rings. The van der Waals surface area contributed by atoms with Crippen molar-refractivity contribution in [2.24, 2.45) is 0 Å². The smallest absolute Gasteiger partial charge is 0.312 e. The lowest BCUT2D eigenvalue weighted by Crippen LogP contribution is -2.22. The summed E-state index contributed by atoms with van der Waals surface area (Å²) in [5.41, 5.74) is 1.34. The lowest BCUT2D eigenvalue weighted by atomic mass is 9.84. The topological polar surface area (TPSA) is 106 Å². The first-order valence-corrected chi connectivity index (χ1v) is 13.5. The molecular formula is C32H32O7. The van der Waals surface area contributed by atoms with Crippen LogP contribution in [0, 0.1) is 0 Å². The molecule has 4 aromatic rings. The Balaban J connectivity index is 1.49. The van der Waals surface area contributed by atoms with Gasteiger partial charge in [0.05, 0.1) is 18.6 Å². The third kappa shape index (κ3) is 5.48. The molecule has 202 valence electrons. The summed E-state index contributed by atoms with van der Waals surface area (Å²) in [4.78, 5) is 25.7. The largest absolute Gasteiger partial charge is 0.504 e. The highest BCUT2D eigenvalue weighted by Gasteiger charge is 2.36. The minimum absolute atomic E-state index is 0.0243. The van der Waals surface area contributed by atoms with E-state index in [-0.39, 0.29) is 23.1 Å². The molecule has 5 rings (SSSR count). The Kier molecular flexibility index (Phi) is 7.87. The molecule has 0 radical (unpaired) electrons. The molecule has 0 saturated carbocycles. The molecule has 0 aliphatic carbocycles. The minimum atomic E-state index is -0.677. The molecule has 1 aliphatic rings. The van der Waals surface area contributed by atoms with Crippen LogP contribution >= 0.6 is 0 Å². The number of hydrogen-bond acceptors (Lipinski definition) is 7. The molecule has 2 N–H and O–H groups in total. The van der Waals surface area contributed by atoms with E-state index >= 15 is 0 Å². The van der Waals surface area contributed by atoms with Gasteiger partial charge in [-0.05, 0) is 24.1 Å². The second-order valence-electron chi connectivity index (χ2n) is 9.90. The third-order valence-electron chi connectivity index (χ3n) is 7.16. The molecule has 0 bridgehead atoms. The Bertz CT molecular complexity index is 1520. The van der Waals surface area contributed by atoms with Gasteiger partial charge in [-0.2, -0.15) is 0 Å². The normalized spacial score (nSPS) is 14.7. The molecule has 0 unspecified atom stereocenters. The van der Waals surface area contributed by atoms with Gasteiger partial charge in [0.2, 0.25) is 5.75 Å². The van der Waals surface area contributed by atoms with Crippen LogP contribution in [0.25, 0.3) is 22.3 Å². The number of carbonyl (C=O) groups excluding carboxylic acids is 1. The third-order valence-corrected chi connectivity index (χ3v) is 7.16. The summed E-state index contributed by atoms with van der Waals surface area (Å²) in [6, 6.07) is 17.8. The number of ether oxygens (including phenoxy) is 2. The van der Waals surface area contributed by atoms with E-state index in [4.69, 9.17) is 13.9 Å². The average molecular weight is 529 g/mol. The van der Waals surface area contributed by atoms with Gasteiger partial charge in [0.15, 0.2) is 16.9 Å². The van der Waals surface area contributed by atoms with Crippen molar-refractivity contribution in [3.63, 3.8) is 0 Å². The number of phenols is 2. The van der Waals surface area contributed by atoms with Crippen LogP contribution < -0.4 is 14.9 Å². The quantitative estimate of drug-likeness (QED) is 0.0983. The van der Waals surface area contributed by atoms with Crippen LogP contribution in [0.5, 0.6) is 23.0 Å². The van der Waals surface area contributed by atoms with E-state index in [2.05, 4.69) is 6.92 Å². The first-order chi connectivity index (χ1) is 19.0. The van der Waals surface area contributed by atoms with Gasteiger partial charge in [-0.25, -0.2) is 0 Å². The molecule has 7 nitrogen and oxygen atoms in total. The predicted molar refractivity (Wildman–Crippen MR) is 149 cm³/mol. The van der Waals surface area contributed by atoms with Gasteiger partial charge in [0.25, 0.3) is 0 Å². The molecule has 1 aliphatic heterocycles. The molecule has 7 heteroatoms. The summed E-state index contributed by atoms with van der Waals surface area (Å²) < 4.78 is 17.5. The number of carbonyl (C=O) groups is 1. The van der Waals surface area contributed by atoms with Crippen molar-refractivity contribution in [2.75, 3.05) is 6.61 Å². The van der Waals surface area contributed by atoms with Crippen LogP contribution in [-0.4, -0.2) is 22.8 Å². The van der Waals surface area contributed by atoms with Crippen LogP contribution in [0.3, 0.4) is 0 Å². The number of fused-ring (bicyclic) bond motifs is 3. The highest BCUT2D eigenvalue weighted by Crippen LogP contribution is 2.52. The van der Waals surface area contributed by atoms with Crippen LogP contribution in [0.15, 0.2) is 69.9 Å². The molecule has 2 heterocycles. The molecule has 0 amide bonds. The van der Waals surface area contributed by atoms with Crippen LogP contribution in [0.4, 0.5) is 0 Å². The molecule has 39 heavy (non-hydrogen) atoms. The van der Waals surface area contributed by atoms with Crippen molar-refractivity contribution in [1.82, 2.24) is 0 Å². The van der Waals surface area contributed by atoms with Gasteiger partial charge in [-0.3, -0.25) is 9.59 Å². The van der Waals surface area contributed by atoms with Crippen molar-refractivity contribution in [1.29, 1.82) is 0 Å². The lowest BCUT2D eigenvalue weighted by molar-refractivity contribution is -0.135. The van der Waals surface area contributed by atoms with Crippen LogP contribution in [-0.2, 0) is 4.79 Å². The monoisotopic (exact) mass is 528 g/mol. The Hall–Kier alpha value is -4.26. The van der Waals surface area contributed by atoms with Crippen LogP contribution in [0.2, 0.25) is 0 Å². The second kappa shape index (κ2) is 11.6. The van der Waals surface area contributed by atoms with Gasteiger partial charge in [-0.1, -0.05) is 81.5 Å². The Morgan fingerprint density at radius 2 is 1.62 bits per heavy atom. The zero-order valence-corrected chi connectivity index (χ0v) is 21.9. The van der Waals surface area contributed by atoms with Crippen molar-refractivity contribution < 1.29 is 28.9 Å². The van der Waals surface area contributed by atoms with E-state index in [0.29, 0.717) is 23.5 Å². The molecule has 1 aromatic heterocycles. The van der Waals surface area contributed by atoms with Crippen molar-refractivity contribution in [3.05, 3.63) is 82.0 Å². The van der Waals surface area contributed by atoms with Crippen LogP contribution in [0.1, 0.15) is 68.9 Å². The number of rotatable bonds is 10. The predicted octanol–water partition coefficient (Wildman–Crippen LogP) is 7.05. The van der Waals surface area contributed by atoms with Gasteiger partial charge in [0.1, 0.15) is 22.5 Å². The summed E-state index contributed by atoms with van der Waals surface area (Å²) in [5.74, 6) is -1.64. The van der Waals surface area contributed by atoms with E-state index in [0.717, 1.165) is 24.2 Å². The van der Waals surface area contributed by atoms with E-state index in [1.54, 1.807) is 12.1 Å². The Labute approximate surface area is 226 Å². The lowest BCUT2D eigenvalue weighted by Gasteiger charge is -2.27. The van der Waals surface area contributed by atoms with E-state index in [1.165, 1.54) is 31.7 Å². The summed E-state index contributed by atoms with van der Waals surface area (Å²) in [7, 11) is 0. The first kappa shape index (κ1) is 26.4. The minimum Gasteiger partial charge on any atom is -0.504 e. The van der Waals surface area contributed by atoms with Crippen molar-refractivity contribution in [2.45, 2.75) is 57.8 Å². The Morgan fingerprint density at radius 1 is 0.897 bits per heavy atom. The fourth-order valence-electron chi connectivity index (χ4n) is 5.11. The second-order valence-corrected chi connectivity index (χ2v) is 9.90. The zero-order valence-electron chi connectivity index (χ0n) is 21.9. The molecular weight excluding hydrogens is 496 g/mol. The van der Waals surface area contributed by atoms with Crippen molar-refractivity contribution >= 4 is 16.9 Å². The van der Waals surface area contributed by atoms with Gasteiger partial charge in [0, 0.05) is 17.5 Å². The summed E-state index contributed by atoms with van der Waals surface area (Å²) in [6.45, 7) is 2.84. The standard InChI is InChI=1S/C32H32O7/c1-2-3-4-5-6-10-17-37-22-15-13-20(14-16-22)23-18-26(34)39-32-27(23)31-28(29(35)30(32)36)24(33)19-25(38-31)21-11-8-7-9-12-21/h7-9,11-16,19,23,35-36H,2-6,10,17-18H2,1H3/t23-/m0/s1. The van der Waals surface area contributed by atoms with Gasteiger partial charge < -0.3 is 24.1 Å². The number of hydrogen-bond donors (Lipinski definition) is 2. The van der Waals surface area contributed by atoms with E-state index < -0.39 is 28.8 Å². The molecule has 0 spiro atoms. The highest BCUT2D eigenvalue weighted by molar-refractivity contribution is 5.96. The number of phenolic OH excluding ortho intramolecular Hbond substituents is 2. The number of esters is 1. The summed E-state index contributed by atoms with van der Waals surface area (Å²) in [6.07, 6.45) is 7.07. The summed E-state index contributed by atoms with van der Waals surface area (Å²) in [5, 5.41) is 21.3. The maximum absolute atomic E-state index is 13.1. The number of benzene rings is 3. The maximum Gasteiger partial charge on any atom is 0.312 e. The molecule has 3 aromatic carbocycles. The SMILES string of the molecule is CCCCCCCCOc1ccc([C@@H]2CC(=O)Oc3c(O)c(O)c4c(=O)cc(-c5ccccc5)oc4c32)cc1. The Morgan fingerprint density at radius 3 is 2.36 bits per heavy atom. The van der Waals surface area contributed by atoms with Gasteiger partial charge in [-0.15, -0.1) is 0 Å². The number of unbranched alkanes of at least 4 members (excludes halogenated alkanes) is 5. The first-order valence-electron chi connectivity index (χ1n) is 13.5. The molecule has 0 saturated heterocycles. The highest BCUT2D eigenvalue weighted by atomic mass is 16.5. The van der Waals surface area contributed by atoms with Gasteiger partial charge >= 0.3 is 5.97 Å². The average Bonchev–Trinajstić information content (AvgIpc) is 2.95. The van der Waals surface area contributed by atoms with Crippen molar-refractivity contribution in [3.8, 4) is 34.3 Å². The number of aromatic hydroxyl groups is 2.